The van der Waals surface area contributed by atoms with Crippen molar-refractivity contribution in [3.63, 3.8) is 0 Å². The third-order valence-electron chi connectivity index (χ3n) is 4.38. The Morgan fingerprint density at radius 3 is 2.24 bits per heavy atom. The number of nitrogens with one attached hydrogen (secondary N) is 1. The first-order valence-corrected chi connectivity index (χ1v) is 7.60. The molecule has 1 saturated carbocycles. The standard InChI is InChI=1S/C17H23NO3/c1-11-7-6-8-12(2)14(11)16(19)18-15(17(20)21)13-9-4-3-5-10-13/h6-8,13,15H,3-5,9-10H2,1-2H3,(H,18,19)(H,20,21). The molecule has 1 unspecified atom stereocenters. The lowest BCUT2D eigenvalue weighted by atomic mass is 9.83. The van der Waals surface area contributed by atoms with Crippen LogP contribution in [0.2, 0.25) is 0 Å². The number of hydrogen-bond donors (Lipinski definition) is 2. The van der Waals surface area contributed by atoms with Gasteiger partial charge in [0.2, 0.25) is 0 Å². The zero-order chi connectivity index (χ0) is 15.4. The van der Waals surface area contributed by atoms with Crippen molar-refractivity contribution in [2.75, 3.05) is 0 Å². The van der Waals surface area contributed by atoms with E-state index < -0.39 is 12.0 Å². The number of carboxylic acid groups (broad SMARTS) is 1. The van der Waals surface area contributed by atoms with Gasteiger partial charge in [-0.2, -0.15) is 0 Å². The number of hydrogen-bond acceptors (Lipinski definition) is 2. The van der Waals surface area contributed by atoms with E-state index in [4.69, 9.17) is 0 Å². The first-order chi connectivity index (χ1) is 10.0. The maximum absolute atomic E-state index is 12.5. The van der Waals surface area contributed by atoms with Gasteiger partial charge in [-0.15, -0.1) is 0 Å². The van der Waals surface area contributed by atoms with E-state index in [2.05, 4.69) is 5.32 Å². The van der Waals surface area contributed by atoms with E-state index in [0.29, 0.717) is 5.56 Å². The molecule has 0 aliphatic heterocycles. The lowest BCUT2D eigenvalue weighted by molar-refractivity contribution is -0.141. The van der Waals surface area contributed by atoms with E-state index in [-0.39, 0.29) is 11.8 Å². The summed E-state index contributed by atoms with van der Waals surface area (Å²) in [5.41, 5.74) is 2.35. The van der Waals surface area contributed by atoms with Crippen LogP contribution in [-0.4, -0.2) is 23.0 Å². The number of rotatable bonds is 4. The molecule has 1 aliphatic rings. The molecule has 0 saturated heterocycles. The minimum absolute atomic E-state index is 0.0459. The predicted molar refractivity (Wildman–Crippen MR) is 81.4 cm³/mol. The Labute approximate surface area is 125 Å². The summed E-state index contributed by atoms with van der Waals surface area (Å²) in [5, 5.41) is 12.2. The molecule has 0 radical (unpaired) electrons. The molecule has 0 aromatic heterocycles. The lowest BCUT2D eigenvalue weighted by Crippen LogP contribution is -2.46. The monoisotopic (exact) mass is 289 g/mol. The third-order valence-corrected chi connectivity index (χ3v) is 4.38. The van der Waals surface area contributed by atoms with Crippen LogP contribution in [0, 0.1) is 19.8 Å². The Balaban J connectivity index is 2.16. The van der Waals surface area contributed by atoms with Crippen LogP contribution in [0.4, 0.5) is 0 Å². The average Bonchev–Trinajstić information content (AvgIpc) is 2.45. The van der Waals surface area contributed by atoms with Gasteiger partial charge in [0.1, 0.15) is 6.04 Å². The van der Waals surface area contributed by atoms with Crippen LogP contribution in [0.3, 0.4) is 0 Å². The van der Waals surface area contributed by atoms with E-state index in [0.717, 1.165) is 43.2 Å². The highest BCUT2D eigenvalue weighted by molar-refractivity contribution is 5.99. The van der Waals surface area contributed by atoms with Gasteiger partial charge in [-0.05, 0) is 43.7 Å². The summed E-state index contributed by atoms with van der Waals surface area (Å²) in [5.74, 6) is -1.16. The van der Waals surface area contributed by atoms with E-state index in [1.165, 1.54) is 0 Å². The topological polar surface area (TPSA) is 66.4 Å². The molecule has 4 heteroatoms. The van der Waals surface area contributed by atoms with Gasteiger partial charge >= 0.3 is 5.97 Å². The fourth-order valence-corrected chi connectivity index (χ4v) is 3.23. The van der Waals surface area contributed by atoms with Crippen molar-refractivity contribution in [2.45, 2.75) is 52.0 Å². The van der Waals surface area contributed by atoms with Gasteiger partial charge in [-0.25, -0.2) is 4.79 Å². The molecule has 0 bridgehead atoms. The van der Waals surface area contributed by atoms with Gasteiger partial charge in [-0.1, -0.05) is 37.5 Å². The molecule has 1 atom stereocenters. The molecule has 21 heavy (non-hydrogen) atoms. The highest BCUT2D eigenvalue weighted by Crippen LogP contribution is 2.27. The smallest absolute Gasteiger partial charge is 0.326 e. The zero-order valence-corrected chi connectivity index (χ0v) is 12.7. The van der Waals surface area contributed by atoms with Crippen molar-refractivity contribution in [3.8, 4) is 0 Å². The van der Waals surface area contributed by atoms with Gasteiger partial charge in [0, 0.05) is 5.56 Å². The zero-order valence-electron chi connectivity index (χ0n) is 12.7. The summed E-state index contributed by atoms with van der Waals surface area (Å²) in [7, 11) is 0. The Hall–Kier alpha value is -1.84. The van der Waals surface area contributed by atoms with E-state index >= 15 is 0 Å². The summed E-state index contributed by atoms with van der Waals surface area (Å²) in [6.07, 6.45) is 5.02. The first kappa shape index (κ1) is 15.5. The molecule has 1 amide bonds. The van der Waals surface area contributed by atoms with Crippen LogP contribution in [0.5, 0.6) is 0 Å². The highest BCUT2D eigenvalue weighted by atomic mass is 16.4. The number of amides is 1. The summed E-state index contributed by atoms with van der Waals surface area (Å²) in [4.78, 5) is 24.0. The van der Waals surface area contributed by atoms with Crippen molar-refractivity contribution < 1.29 is 14.7 Å². The average molecular weight is 289 g/mol. The maximum atomic E-state index is 12.5. The quantitative estimate of drug-likeness (QED) is 0.895. The molecule has 0 spiro atoms. The number of aryl methyl sites for hydroxylation is 2. The summed E-state index contributed by atoms with van der Waals surface area (Å²) in [6, 6.07) is 4.87. The molecule has 114 valence electrons. The summed E-state index contributed by atoms with van der Waals surface area (Å²) in [6.45, 7) is 3.75. The third kappa shape index (κ3) is 3.63. The minimum Gasteiger partial charge on any atom is -0.480 e. The Morgan fingerprint density at radius 1 is 1.14 bits per heavy atom. The molecule has 2 N–H and O–H groups in total. The van der Waals surface area contributed by atoms with Crippen molar-refractivity contribution in [1.82, 2.24) is 5.32 Å². The van der Waals surface area contributed by atoms with Crippen molar-refractivity contribution in [3.05, 3.63) is 34.9 Å². The second-order valence-corrected chi connectivity index (χ2v) is 5.95. The van der Waals surface area contributed by atoms with Crippen LogP contribution in [-0.2, 0) is 4.79 Å². The fourth-order valence-electron chi connectivity index (χ4n) is 3.23. The second-order valence-electron chi connectivity index (χ2n) is 5.95. The molecular weight excluding hydrogens is 266 g/mol. The molecule has 1 aromatic rings. The van der Waals surface area contributed by atoms with Crippen LogP contribution in [0.25, 0.3) is 0 Å². The summed E-state index contributed by atoms with van der Waals surface area (Å²) >= 11 is 0. The Kier molecular flexibility index (Phi) is 4.99. The van der Waals surface area contributed by atoms with Crippen molar-refractivity contribution >= 4 is 11.9 Å². The van der Waals surface area contributed by atoms with Crippen LogP contribution < -0.4 is 5.32 Å². The highest BCUT2D eigenvalue weighted by Gasteiger charge is 2.31. The van der Waals surface area contributed by atoms with E-state index in [1.807, 2.05) is 32.0 Å². The molecule has 2 rings (SSSR count). The Bertz CT molecular complexity index is 513. The number of aliphatic carboxylic acids is 1. The molecule has 0 heterocycles. The fraction of sp³-hybridized carbons (Fsp3) is 0.529. The SMILES string of the molecule is Cc1cccc(C)c1C(=O)NC(C(=O)O)C1CCCCC1. The van der Waals surface area contributed by atoms with Gasteiger partial charge < -0.3 is 10.4 Å². The van der Waals surface area contributed by atoms with Gasteiger partial charge in [0.05, 0.1) is 0 Å². The number of carbonyl (C=O) groups excluding carboxylic acids is 1. The second kappa shape index (κ2) is 6.74. The normalized spacial score (nSPS) is 17.2. The molecular formula is C17H23NO3. The van der Waals surface area contributed by atoms with Gasteiger partial charge in [-0.3, -0.25) is 4.79 Å². The van der Waals surface area contributed by atoms with Crippen LogP contribution in [0.15, 0.2) is 18.2 Å². The molecule has 1 fully saturated rings. The van der Waals surface area contributed by atoms with Crippen molar-refractivity contribution in [2.24, 2.45) is 5.92 Å². The minimum atomic E-state index is -0.929. The first-order valence-electron chi connectivity index (χ1n) is 7.60. The van der Waals surface area contributed by atoms with E-state index in [1.54, 1.807) is 0 Å². The van der Waals surface area contributed by atoms with Gasteiger partial charge in [0.15, 0.2) is 0 Å². The molecule has 1 aliphatic carbocycles. The predicted octanol–water partition coefficient (Wildman–Crippen LogP) is 3.07. The number of benzene rings is 1. The Morgan fingerprint density at radius 2 is 1.71 bits per heavy atom. The van der Waals surface area contributed by atoms with Crippen molar-refractivity contribution in [1.29, 1.82) is 0 Å². The van der Waals surface area contributed by atoms with Crippen LogP contribution in [0.1, 0.15) is 53.6 Å². The lowest BCUT2D eigenvalue weighted by Gasteiger charge is -2.28. The van der Waals surface area contributed by atoms with Crippen LogP contribution >= 0.6 is 0 Å². The molecule has 1 aromatic carbocycles. The largest absolute Gasteiger partial charge is 0.480 e. The van der Waals surface area contributed by atoms with Gasteiger partial charge in [0.25, 0.3) is 5.91 Å². The number of carboxylic acids is 1. The number of carbonyl (C=O) groups is 2. The maximum Gasteiger partial charge on any atom is 0.326 e. The summed E-state index contributed by atoms with van der Waals surface area (Å²) < 4.78 is 0. The molecule has 4 nitrogen and oxygen atoms in total. The van der Waals surface area contributed by atoms with E-state index in [9.17, 15) is 14.7 Å².